The number of hydrogen-bond donors (Lipinski definition) is 0. The van der Waals surface area contributed by atoms with Crippen LogP contribution in [0.3, 0.4) is 0 Å². The normalized spacial score (nSPS) is 10.1. The minimum absolute atomic E-state index is 0.150. The molecule has 0 aromatic carbocycles. The lowest BCUT2D eigenvalue weighted by Crippen LogP contribution is -2.24. The van der Waals surface area contributed by atoms with Crippen LogP contribution in [0.25, 0.3) is 0 Å². The van der Waals surface area contributed by atoms with Gasteiger partial charge in [0.15, 0.2) is 0 Å². The van der Waals surface area contributed by atoms with Crippen molar-refractivity contribution in [3.05, 3.63) is 33.7 Å². The number of ether oxygens (including phenoxy) is 2. The SMILES string of the molecule is COCCOC(=O)Cn1cc(Cl)ccc1=O. The zero-order valence-corrected chi connectivity index (χ0v) is 9.57. The first-order valence-electron chi connectivity index (χ1n) is 4.64. The Kier molecular flexibility index (Phi) is 5.01. The van der Waals surface area contributed by atoms with Crippen LogP contribution >= 0.6 is 11.6 Å². The van der Waals surface area contributed by atoms with Gasteiger partial charge in [0.05, 0.1) is 11.6 Å². The highest BCUT2D eigenvalue weighted by Gasteiger charge is 2.05. The maximum atomic E-state index is 11.3. The number of aromatic nitrogens is 1. The second-order valence-corrected chi connectivity index (χ2v) is 3.46. The van der Waals surface area contributed by atoms with Gasteiger partial charge in [0.2, 0.25) is 0 Å². The van der Waals surface area contributed by atoms with Crippen LogP contribution in [0, 0.1) is 0 Å². The smallest absolute Gasteiger partial charge is 0.326 e. The van der Waals surface area contributed by atoms with E-state index in [9.17, 15) is 9.59 Å². The molecule has 5 nitrogen and oxygen atoms in total. The van der Waals surface area contributed by atoms with Crippen LogP contribution in [0.2, 0.25) is 5.02 Å². The molecule has 16 heavy (non-hydrogen) atoms. The summed E-state index contributed by atoms with van der Waals surface area (Å²) in [5.41, 5.74) is -0.298. The van der Waals surface area contributed by atoms with Crippen molar-refractivity contribution in [2.45, 2.75) is 6.54 Å². The summed E-state index contributed by atoms with van der Waals surface area (Å²) in [7, 11) is 1.51. The molecule has 1 aromatic rings. The molecule has 88 valence electrons. The van der Waals surface area contributed by atoms with Crippen molar-refractivity contribution in [3.8, 4) is 0 Å². The zero-order valence-electron chi connectivity index (χ0n) is 8.81. The molecule has 1 rings (SSSR count). The molecule has 0 atom stereocenters. The summed E-state index contributed by atoms with van der Waals surface area (Å²) in [5, 5.41) is 0.393. The number of rotatable bonds is 5. The highest BCUT2D eigenvalue weighted by Crippen LogP contribution is 2.03. The lowest BCUT2D eigenvalue weighted by Gasteiger charge is -2.06. The second-order valence-electron chi connectivity index (χ2n) is 3.03. The van der Waals surface area contributed by atoms with E-state index in [1.807, 2.05) is 0 Å². The van der Waals surface area contributed by atoms with Gasteiger partial charge in [0, 0.05) is 19.4 Å². The molecule has 0 aliphatic heterocycles. The Morgan fingerprint density at radius 2 is 2.19 bits per heavy atom. The van der Waals surface area contributed by atoms with Gasteiger partial charge >= 0.3 is 5.97 Å². The van der Waals surface area contributed by atoms with E-state index in [4.69, 9.17) is 21.1 Å². The van der Waals surface area contributed by atoms with E-state index in [0.29, 0.717) is 11.6 Å². The van der Waals surface area contributed by atoms with Gasteiger partial charge in [0.25, 0.3) is 5.56 Å². The summed E-state index contributed by atoms with van der Waals surface area (Å²) in [6, 6.07) is 2.77. The number of esters is 1. The van der Waals surface area contributed by atoms with E-state index in [0.717, 1.165) is 0 Å². The molecular weight excluding hydrogens is 234 g/mol. The third kappa shape index (κ3) is 4.04. The van der Waals surface area contributed by atoms with Crippen LogP contribution in [0.5, 0.6) is 0 Å². The molecule has 0 N–H and O–H groups in total. The molecule has 0 saturated heterocycles. The molecule has 6 heteroatoms. The Hall–Kier alpha value is -1.33. The van der Waals surface area contributed by atoms with Crippen LogP contribution in [-0.4, -0.2) is 30.9 Å². The third-order valence-corrected chi connectivity index (χ3v) is 2.02. The highest BCUT2D eigenvalue weighted by atomic mass is 35.5. The van der Waals surface area contributed by atoms with Crippen LogP contribution in [0.1, 0.15) is 0 Å². The fraction of sp³-hybridized carbons (Fsp3) is 0.400. The number of nitrogens with zero attached hydrogens (tertiary/aromatic N) is 1. The first kappa shape index (κ1) is 12.7. The topological polar surface area (TPSA) is 57.5 Å². The molecule has 0 radical (unpaired) electrons. The maximum absolute atomic E-state index is 11.3. The fourth-order valence-corrected chi connectivity index (χ4v) is 1.23. The average molecular weight is 246 g/mol. The number of halogens is 1. The van der Waals surface area contributed by atoms with Crippen molar-refractivity contribution in [2.75, 3.05) is 20.3 Å². The molecule has 0 aliphatic carbocycles. The first-order valence-corrected chi connectivity index (χ1v) is 5.02. The Balaban J connectivity index is 2.56. The number of pyridine rings is 1. The van der Waals surface area contributed by atoms with E-state index < -0.39 is 5.97 Å². The Morgan fingerprint density at radius 1 is 1.44 bits per heavy atom. The fourth-order valence-electron chi connectivity index (χ4n) is 1.05. The molecule has 0 unspecified atom stereocenters. The molecule has 1 aromatic heterocycles. The van der Waals surface area contributed by atoms with Crippen molar-refractivity contribution in [1.29, 1.82) is 0 Å². The Morgan fingerprint density at radius 3 is 2.88 bits per heavy atom. The van der Waals surface area contributed by atoms with Gasteiger partial charge in [0.1, 0.15) is 13.2 Å². The predicted molar refractivity (Wildman–Crippen MR) is 58.5 cm³/mol. The van der Waals surface area contributed by atoms with Gasteiger partial charge in [-0.25, -0.2) is 0 Å². The third-order valence-electron chi connectivity index (χ3n) is 1.80. The first-order chi connectivity index (χ1) is 7.63. The van der Waals surface area contributed by atoms with Crippen molar-refractivity contribution >= 4 is 17.6 Å². The van der Waals surface area contributed by atoms with E-state index in [-0.39, 0.29) is 18.7 Å². The number of hydrogen-bond acceptors (Lipinski definition) is 4. The average Bonchev–Trinajstić information content (AvgIpc) is 2.24. The Labute approximate surface area is 97.5 Å². The Bertz CT molecular complexity index is 416. The van der Waals surface area contributed by atoms with Crippen molar-refractivity contribution < 1.29 is 14.3 Å². The molecule has 0 fully saturated rings. The summed E-state index contributed by atoms with van der Waals surface area (Å²) in [4.78, 5) is 22.6. The standard InChI is InChI=1S/C10H12ClNO4/c1-15-4-5-16-10(14)7-12-6-8(11)2-3-9(12)13/h2-3,6H,4-5,7H2,1H3. The lowest BCUT2D eigenvalue weighted by atomic mass is 10.4. The zero-order chi connectivity index (χ0) is 12.0. The monoisotopic (exact) mass is 245 g/mol. The number of carbonyl (C=O) groups excluding carboxylic acids is 1. The molecule has 1 heterocycles. The van der Waals surface area contributed by atoms with Crippen molar-refractivity contribution in [2.24, 2.45) is 0 Å². The summed E-state index contributed by atoms with van der Waals surface area (Å²) < 4.78 is 10.7. The summed E-state index contributed by atoms with van der Waals surface area (Å²) in [5.74, 6) is -0.499. The van der Waals surface area contributed by atoms with Gasteiger partial charge in [-0.3, -0.25) is 9.59 Å². The largest absolute Gasteiger partial charge is 0.462 e. The van der Waals surface area contributed by atoms with Crippen molar-refractivity contribution in [1.82, 2.24) is 4.57 Å². The van der Waals surface area contributed by atoms with Gasteiger partial charge < -0.3 is 14.0 Å². The molecule has 0 saturated carbocycles. The number of carbonyl (C=O) groups is 1. The summed E-state index contributed by atoms with van der Waals surface area (Å²) in [6.07, 6.45) is 1.39. The van der Waals surface area contributed by atoms with Crippen LogP contribution < -0.4 is 5.56 Å². The van der Waals surface area contributed by atoms with Crippen LogP contribution in [0.4, 0.5) is 0 Å². The molecule has 0 bridgehead atoms. The maximum Gasteiger partial charge on any atom is 0.326 e. The second kappa shape index (κ2) is 6.30. The minimum atomic E-state index is -0.499. The highest BCUT2D eigenvalue weighted by molar-refractivity contribution is 6.30. The minimum Gasteiger partial charge on any atom is -0.462 e. The van der Waals surface area contributed by atoms with Crippen LogP contribution in [-0.2, 0) is 20.8 Å². The van der Waals surface area contributed by atoms with Crippen molar-refractivity contribution in [3.63, 3.8) is 0 Å². The molecular formula is C10H12ClNO4. The van der Waals surface area contributed by atoms with Gasteiger partial charge in [-0.1, -0.05) is 11.6 Å². The van der Waals surface area contributed by atoms with Gasteiger partial charge in [-0.05, 0) is 6.07 Å². The molecule has 0 amide bonds. The predicted octanol–water partition coefficient (Wildman–Crippen LogP) is 0.691. The quantitative estimate of drug-likeness (QED) is 0.566. The van der Waals surface area contributed by atoms with E-state index in [2.05, 4.69) is 0 Å². The van der Waals surface area contributed by atoms with Gasteiger partial charge in [-0.15, -0.1) is 0 Å². The summed E-state index contributed by atoms with van der Waals surface area (Å²) >= 11 is 5.70. The van der Waals surface area contributed by atoms with E-state index in [1.165, 1.54) is 30.0 Å². The summed E-state index contributed by atoms with van der Waals surface area (Å²) in [6.45, 7) is 0.351. The molecule has 0 spiro atoms. The molecule has 0 aliphatic rings. The van der Waals surface area contributed by atoms with Crippen LogP contribution in [0.15, 0.2) is 23.1 Å². The van der Waals surface area contributed by atoms with E-state index >= 15 is 0 Å². The van der Waals surface area contributed by atoms with Gasteiger partial charge in [-0.2, -0.15) is 0 Å². The lowest BCUT2D eigenvalue weighted by molar-refractivity contribution is -0.145. The van der Waals surface area contributed by atoms with E-state index in [1.54, 1.807) is 0 Å². The number of methoxy groups -OCH3 is 1.